The summed E-state index contributed by atoms with van der Waals surface area (Å²) in [6, 6.07) is 5.91. The summed E-state index contributed by atoms with van der Waals surface area (Å²) in [6.45, 7) is 1.05. The zero-order chi connectivity index (χ0) is 15.0. The van der Waals surface area contributed by atoms with Crippen LogP contribution in [0.5, 0.6) is 0 Å². The smallest absolute Gasteiger partial charge is 0.242 e. The average molecular weight is 309 g/mol. The molecule has 1 heterocycles. The molecule has 116 valence electrons. The molecule has 1 aliphatic carbocycles. The van der Waals surface area contributed by atoms with Gasteiger partial charge in [-0.25, -0.2) is 13.1 Å². The van der Waals surface area contributed by atoms with E-state index in [1.54, 1.807) is 12.1 Å². The average Bonchev–Trinajstić information content (AvgIpc) is 2.90. The van der Waals surface area contributed by atoms with Crippen molar-refractivity contribution in [2.45, 2.75) is 43.0 Å². The van der Waals surface area contributed by atoms with E-state index >= 15 is 0 Å². The summed E-state index contributed by atoms with van der Waals surface area (Å²) in [5, 5.41) is 0. The Hall–Kier alpha value is -1.27. The van der Waals surface area contributed by atoms with Gasteiger partial charge >= 0.3 is 0 Å². The summed E-state index contributed by atoms with van der Waals surface area (Å²) < 4.78 is 26.1. The van der Waals surface area contributed by atoms with Crippen LogP contribution in [0.1, 0.15) is 32.1 Å². The van der Waals surface area contributed by atoms with E-state index < -0.39 is 10.0 Å². The van der Waals surface area contributed by atoms with Gasteiger partial charge in [0.2, 0.25) is 10.0 Å². The van der Waals surface area contributed by atoms with E-state index in [-0.39, 0.29) is 4.90 Å². The second-order valence-corrected chi connectivity index (χ2v) is 7.88. The van der Waals surface area contributed by atoms with E-state index in [1.807, 2.05) is 6.07 Å². The lowest BCUT2D eigenvalue weighted by atomic mass is 9.85. The van der Waals surface area contributed by atoms with Crippen molar-refractivity contribution < 1.29 is 8.42 Å². The van der Waals surface area contributed by atoms with Crippen LogP contribution in [-0.4, -0.2) is 28.1 Å². The Morgan fingerprint density at radius 1 is 1.24 bits per heavy atom. The second-order valence-electron chi connectivity index (χ2n) is 6.02. The van der Waals surface area contributed by atoms with Crippen molar-refractivity contribution in [3.05, 3.63) is 18.2 Å². The molecule has 2 atom stereocenters. The number of fused-ring (bicyclic) bond motifs is 1. The summed E-state index contributed by atoms with van der Waals surface area (Å²) in [6.07, 6.45) is 6.43. The lowest BCUT2D eigenvalue weighted by Crippen LogP contribution is -2.34. The third kappa shape index (κ3) is 2.62. The molecule has 6 heteroatoms. The Kier molecular flexibility index (Phi) is 3.84. The maximum absolute atomic E-state index is 11.9. The molecule has 0 spiro atoms. The SMILES string of the molecule is CNS(=O)(=O)c1ccc(N2CCC3CCCCC32)cc1N. The fraction of sp³-hybridized carbons (Fsp3) is 0.600. The van der Waals surface area contributed by atoms with Crippen molar-refractivity contribution in [1.82, 2.24) is 4.72 Å². The first-order valence-corrected chi connectivity index (χ1v) is 9.11. The number of hydrogen-bond acceptors (Lipinski definition) is 4. The molecule has 0 aromatic heterocycles. The summed E-state index contributed by atoms with van der Waals surface area (Å²) in [5.41, 5.74) is 7.35. The number of rotatable bonds is 3. The highest BCUT2D eigenvalue weighted by atomic mass is 32.2. The highest BCUT2D eigenvalue weighted by Crippen LogP contribution is 2.39. The van der Waals surface area contributed by atoms with Crippen LogP contribution in [0, 0.1) is 5.92 Å². The zero-order valence-electron chi connectivity index (χ0n) is 12.4. The molecule has 0 amide bonds. The summed E-state index contributed by atoms with van der Waals surface area (Å²) in [7, 11) is -2.09. The molecular formula is C15H23N3O2S. The van der Waals surface area contributed by atoms with E-state index in [0.29, 0.717) is 11.7 Å². The Bertz CT molecular complexity index is 630. The number of nitrogen functional groups attached to an aromatic ring is 1. The first kappa shape index (κ1) is 14.7. The molecule has 2 aliphatic rings. The van der Waals surface area contributed by atoms with E-state index in [4.69, 9.17) is 5.73 Å². The van der Waals surface area contributed by atoms with Crippen molar-refractivity contribution in [1.29, 1.82) is 0 Å². The topological polar surface area (TPSA) is 75.4 Å². The van der Waals surface area contributed by atoms with Gasteiger partial charge in [0.15, 0.2) is 0 Å². The first-order valence-electron chi connectivity index (χ1n) is 7.62. The third-order valence-corrected chi connectivity index (χ3v) is 6.38. The van der Waals surface area contributed by atoms with Gasteiger partial charge in [-0.3, -0.25) is 0 Å². The number of benzene rings is 1. The quantitative estimate of drug-likeness (QED) is 0.837. The Labute approximate surface area is 126 Å². The molecule has 1 aromatic rings. The van der Waals surface area contributed by atoms with Gasteiger partial charge in [-0.2, -0.15) is 0 Å². The second kappa shape index (κ2) is 5.50. The molecule has 5 nitrogen and oxygen atoms in total. The minimum absolute atomic E-state index is 0.160. The van der Waals surface area contributed by atoms with Crippen LogP contribution in [0.3, 0.4) is 0 Å². The monoisotopic (exact) mass is 309 g/mol. The van der Waals surface area contributed by atoms with Gasteiger partial charge in [0.05, 0.1) is 5.69 Å². The third-order valence-electron chi connectivity index (χ3n) is 4.89. The van der Waals surface area contributed by atoms with Crippen LogP contribution < -0.4 is 15.4 Å². The molecule has 1 aliphatic heterocycles. The van der Waals surface area contributed by atoms with Crippen LogP contribution in [0.4, 0.5) is 11.4 Å². The van der Waals surface area contributed by atoms with Crippen molar-refractivity contribution in [2.24, 2.45) is 5.92 Å². The Balaban J connectivity index is 1.89. The molecular weight excluding hydrogens is 286 g/mol. The fourth-order valence-electron chi connectivity index (χ4n) is 3.80. The largest absolute Gasteiger partial charge is 0.398 e. The van der Waals surface area contributed by atoms with Gasteiger partial charge in [-0.05, 0) is 50.4 Å². The van der Waals surface area contributed by atoms with Gasteiger partial charge in [0.25, 0.3) is 0 Å². The number of anilines is 2. The minimum Gasteiger partial charge on any atom is -0.398 e. The van der Waals surface area contributed by atoms with Crippen molar-refractivity contribution in [3.63, 3.8) is 0 Å². The lowest BCUT2D eigenvalue weighted by Gasteiger charge is -2.33. The molecule has 1 saturated carbocycles. The van der Waals surface area contributed by atoms with Gasteiger partial charge < -0.3 is 10.6 Å². The van der Waals surface area contributed by atoms with Crippen molar-refractivity contribution >= 4 is 21.4 Å². The molecule has 1 saturated heterocycles. The first-order chi connectivity index (χ1) is 10.0. The molecule has 1 aromatic carbocycles. The van der Waals surface area contributed by atoms with Crippen molar-refractivity contribution in [3.8, 4) is 0 Å². The normalized spacial score (nSPS) is 25.9. The maximum Gasteiger partial charge on any atom is 0.242 e. The number of nitrogens with two attached hydrogens (primary N) is 1. The molecule has 2 unspecified atom stereocenters. The number of sulfonamides is 1. The van der Waals surface area contributed by atoms with Crippen molar-refractivity contribution in [2.75, 3.05) is 24.2 Å². The summed E-state index contributed by atoms with van der Waals surface area (Å²) >= 11 is 0. The number of hydrogen-bond donors (Lipinski definition) is 2. The molecule has 0 radical (unpaired) electrons. The minimum atomic E-state index is -3.49. The van der Waals surface area contributed by atoms with E-state index in [1.165, 1.54) is 39.2 Å². The van der Waals surface area contributed by atoms with Crippen LogP contribution >= 0.6 is 0 Å². The summed E-state index contributed by atoms with van der Waals surface area (Å²) in [4.78, 5) is 2.57. The van der Waals surface area contributed by atoms with E-state index in [0.717, 1.165) is 18.2 Å². The highest BCUT2D eigenvalue weighted by molar-refractivity contribution is 7.89. The highest BCUT2D eigenvalue weighted by Gasteiger charge is 2.35. The predicted octanol–water partition coefficient (Wildman–Crippen LogP) is 1.95. The predicted molar refractivity (Wildman–Crippen MR) is 84.8 cm³/mol. The Morgan fingerprint density at radius 2 is 2.00 bits per heavy atom. The Morgan fingerprint density at radius 3 is 2.71 bits per heavy atom. The summed E-state index contributed by atoms with van der Waals surface area (Å²) in [5.74, 6) is 0.792. The van der Waals surface area contributed by atoms with Gasteiger partial charge in [-0.15, -0.1) is 0 Å². The maximum atomic E-state index is 11.9. The van der Waals surface area contributed by atoms with Gasteiger partial charge in [-0.1, -0.05) is 12.8 Å². The van der Waals surface area contributed by atoms with Crippen LogP contribution in [-0.2, 0) is 10.0 Å². The standard InChI is InChI=1S/C15H23N3O2S/c1-17-21(19,20)15-7-6-12(10-13(15)16)18-9-8-11-4-2-3-5-14(11)18/h6-7,10-11,14,17H,2-5,8-9,16H2,1H3. The van der Waals surface area contributed by atoms with Gasteiger partial charge in [0, 0.05) is 18.3 Å². The number of nitrogens with one attached hydrogen (secondary N) is 1. The fourth-order valence-corrected chi connectivity index (χ4v) is 4.63. The zero-order valence-corrected chi connectivity index (χ0v) is 13.2. The molecule has 2 fully saturated rings. The van der Waals surface area contributed by atoms with E-state index in [2.05, 4.69) is 9.62 Å². The van der Waals surface area contributed by atoms with Crippen LogP contribution in [0.25, 0.3) is 0 Å². The van der Waals surface area contributed by atoms with Gasteiger partial charge in [0.1, 0.15) is 4.90 Å². The van der Waals surface area contributed by atoms with Crippen LogP contribution in [0.2, 0.25) is 0 Å². The van der Waals surface area contributed by atoms with Crippen LogP contribution in [0.15, 0.2) is 23.1 Å². The lowest BCUT2D eigenvalue weighted by molar-refractivity contribution is 0.342. The molecule has 3 N–H and O–H groups in total. The molecule has 21 heavy (non-hydrogen) atoms. The number of nitrogens with zero attached hydrogens (tertiary/aromatic N) is 1. The molecule has 3 rings (SSSR count). The van der Waals surface area contributed by atoms with E-state index in [9.17, 15) is 8.42 Å². The molecule has 0 bridgehead atoms.